The Morgan fingerprint density at radius 3 is 2.83 bits per heavy atom. The quantitative estimate of drug-likeness (QED) is 0.325. The zero-order valence-electron chi connectivity index (χ0n) is 18.1. The number of aryl methyl sites for hydroxylation is 1. The van der Waals surface area contributed by atoms with E-state index >= 15 is 0 Å². The molecular formula is C22H35N5O2. The van der Waals surface area contributed by atoms with E-state index in [1.165, 1.54) is 5.56 Å². The highest BCUT2D eigenvalue weighted by molar-refractivity contribution is 5.79. The molecule has 1 unspecified atom stereocenters. The molecule has 29 heavy (non-hydrogen) atoms. The Labute approximate surface area is 174 Å². The zero-order valence-corrected chi connectivity index (χ0v) is 18.1. The lowest BCUT2D eigenvalue weighted by atomic mass is 10.1. The molecule has 1 aromatic carbocycles. The lowest BCUT2D eigenvalue weighted by Crippen LogP contribution is -2.40. The highest BCUT2D eigenvalue weighted by Crippen LogP contribution is 2.21. The molecule has 160 valence electrons. The molecule has 7 heteroatoms. The van der Waals surface area contributed by atoms with Crippen molar-refractivity contribution >= 4 is 5.96 Å². The standard InChI is InChI=1S/C22H35N5O2/c1-5-23-22(24-15-19(4)17-27-11-7-10-26-27)25-16-20-9-8-18(3)14-21(20)29-13-12-28-6-2/h7-11,14,19H,5-6,12-13,15-17H2,1-4H3,(H2,23,24,25). The average molecular weight is 402 g/mol. The first kappa shape index (κ1) is 22.7. The monoisotopic (exact) mass is 401 g/mol. The number of rotatable bonds is 12. The molecular weight excluding hydrogens is 366 g/mol. The van der Waals surface area contributed by atoms with Crippen LogP contribution in [-0.4, -0.2) is 48.7 Å². The molecule has 0 aliphatic heterocycles. The van der Waals surface area contributed by atoms with Gasteiger partial charge in [0.1, 0.15) is 12.4 Å². The number of hydrogen-bond acceptors (Lipinski definition) is 4. The lowest BCUT2D eigenvalue weighted by molar-refractivity contribution is 0.110. The summed E-state index contributed by atoms with van der Waals surface area (Å²) in [7, 11) is 0. The maximum atomic E-state index is 5.92. The Morgan fingerprint density at radius 1 is 1.24 bits per heavy atom. The number of hydrogen-bond donors (Lipinski definition) is 2. The summed E-state index contributed by atoms with van der Waals surface area (Å²) >= 11 is 0. The van der Waals surface area contributed by atoms with E-state index in [-0.39, 0.29) is 0 Å². The van der Waals surface area contributed by atoms with Gasteiger partial charge in [0.25, 0.3) is 0 Å². The maximum Gasteiger partial charge on any atom is 0.191 e. The van der Waals surface area contributed by atoms with Gasteiger partial charge in [0.15, 0.2) is 5.96 Å². The van der Waals surface area contributed by atoms with E-state index < -0.39 is 0 Å². The fourth-order valence-corrected chi connectivity index (χ4v) is 2.85. The van der Waals surface area contributed by atoms with Crippen molar-refractivity contribution in [1.82, 2.24) is 20.4 Å². The molecule has 0 bridgehead atoms. The Kier molecular flexibility index (Phi) is 10.1. The molecule has 1 heterocycles. The van der Waals surface area contributed by atoms with Gasteiger partial charge in [-0.05, 0) is 44.4 Å². The van der Waals surface area contributed by atoms with E-state index in [0.717, 1.165) is 36.9 Å². The molecule has 0 saturated carbocycles. The Hall–Kier alpha value is -2.54. The van der Waals surface area contributed by atoms with Crippen LogP contribution < -0.4 is 15.4 Å². The molecule has 0 spiro atoms. The van der Waals surface area contributed by atoms with Gasteiger partial charge in [-0.1, -0.05) is 19.1 Å². The van der Waals surface area contributed by atoms with Crippen LogP contribution in [0.25, 0.3) is 0 Å². The van der Waals surface area contributed by atoms with E-state index in [9.17, 15) is 0 Å². The number of aromatic nitrogens is 2. The van der Waals surface area contributed by atoms with Crippen LogP contribution in [-0.2, 0) is 17.8 Å². The molecule has 2 N–H and O–H groups in total. The van der Waals surface area contributed by atoms with Crippen LogP contribution in [0.2, 0.25) is 0 Å². The SMILES string of the molecule is CCNC(=NCc1ccc(C)cc1OCCOCC)NCC(C)Cn1cccn1. The van der Waals surface area contributed by atoms with Crippen molar-refractivity contribution < 1.29 is 9.47 Å². The summed E-state index contributed by atoms with van der Waals surface area (Å²) in [4.78, 5) is 4.75. The third-order valence-corrected chi connectivity index (χ3v) is 4.34. The minimum atomic E-state index is 0.426. The second kappa shape index (κ2) is 12.8. The van der Waals surface area contributed by atoms with Gasteiger partial charge in [0.2, 0.25) is 0 Å². The normalized spacial score (nSPS) is 12.6. The lowest BCUT2D eigenvalue weighted by Gasteiger charge is -2.16. The Morgan fingerprint density at radius 2 is 2.10 bits per heavy atom. The number of nitrogens with zero attached hydrogens (tertiary/aromatic N) is 3. The average Bonchev–Trinajstić information content (AvgIpc) is 3.21. The molecule has 1 aromatic heterocycles. The minimum absolute atomic E-state index is 0.426. The van der Waals surface area contributed by atoms with Crippen LogP contribution in [0.5, 0.6) is 5.75 Å². The fraction of sp³-hybridized carbons (Fsp3) is 0.545. The number of ether oxygens (including phenoxy) is 2. The van der Waals surface area contributed by atoms with Crippen molar-refractivity contribution in [3.05, 3.63) is 47.8 Å². The fourth-order valence-electron chi connectivity index (χ4n) is 2.85. The summed E-state index contributed by atoms with van der Waals surface area (Å²) in [5.41, 5.74) is 2.23. The number of nitrogens with one attached hydrogen (secondary N) is 2. The van der Waals surface area contributed by atoms with Crippen molar-refractivity contribution in [2.24, 2.45) is 10.9 Å². The van der Waals surface area contributed by atoms with Gasteiger partial charge < -0.3 is 20.1 Å². The summed E-state index contributed by atoms with van der Waals surface area (Å²) in [6, 6.07) is 8.18. The third-order valence-electron chi connectivity index (χ3n) is 4.34. The van der Waals surface area contributed by atoms with E-state index in [0.29, 0.717) is 32.3 Å². The predicted octanol–water partition coefficient (Wildman–Crippen LogP) is 3.00. The first-order valence-corrected chi connectivity index (χ1v) is 10.4. The molecule has 1 atom stereocenters. The zero-order chi connectivity index (χ0) is 20.9. The summed E-state index contributed by atoms with van der Waals surface area (Å²) in [6.07, 6.45) is 3.79. The van der Waals surface area contributed by atoms with Crippen LogP contribution in [0.4, 0.5) is 0 Å². The molecule has 0 saturated heterocycles. The first-order chi connectivity index (χ1) is 14.1. The predicted molar refractivity (Wildman–Crippen MR) is 117 cm³/mol. The number of guanidine groups is 1. The molecule has 0 amide bonds. The van der Waals surface area contributed by atoms with Gasteiger partial charge >= 0.3 is 0 Å². The molecule has 2 aromatic rings. The third kappa shape index (κ3) is 8.56. The smallest absolute Gasteiger partial charge is 0.191 e. The second-order valence-electron chi connectivity index (χ2n) is 7.07. The van der Waals surface area contributed by atoms with E-state index in [4.69, 9.17) is 14.5 Å². The van der Waals surface area contributed by atoms with Crippen LogP contribution in [0.3, 0.4) is 0 Å². The minimum Gasteiger partial charge on any atom is -0.491 e. The van der Waals surface area contributed by atoms with E-state index in [2.05, 4.69) is 54.7 Å². The molecule has 0 aliphatic carbocycles. The van der Waals surface area contributed by atoms with Gasteiger partial charge in [0.05, 0.1) is 13.2 Å². The topological polar surface area (TPSA) is 72.7 Å². The van der Waals surface area contributed by atoms with Crippen molar-refractivity contribution in [3.63, 3.8) is 0 Å². The number of aliphatic imine (C=N–C) groups is 1. The van der Waals surface area contributed by atoms with E-state index in [1.54, 1.807) is 6.20 Å². The molecule has 7 nitrogen and oxygen atoms in total. The summed E-state index contributed by atoms with van der Waals surface area (Å²) in [6.45, 7) is 13.2. The van der Waals surface area contributed by atoms with E-state index in [1.807, 2.05) is 23.9 Å². The van der Waals surface area contributed by atoms with Crippen molar-refractivity contribution in [1.29, 1.82) is 0 Å². The van der Waals surface area contributed by atoms with Gasteiger partial charge in [-0.3, -0.25) is 4.68 Å². The first-order valence-electron chi connectivity index (χ1n) is 10.4. The summed E-state index contributed by atoms with van der Waals surface area (Å²) in [5.74, 6) is 2.10. The van der Waals surface area contributed by atoms with Crippen molar-refractivity contribution in [2.75, 3.05) is 32.9 Å². The summed E-state index contributed by atoms with van der Waals surface area (Å²) < 4.78 is 13.2. The molecule has 2 rings (SSSR count). The van der Waals surface area contributed by atoms with Gasteiger partial charge in [-0.25, -0.2) is 4.99 Å². The highest BCUT2D eigenvalue weighted by Gasteiger charge is 2.07. The van der Waals surface area contributed by atoms with Crippen LogP contribution in [0.15, 0.2) is 41.7 Å². The Balaban J connectivity index is 1.94. The Bertz CT molecular complexity index is 731. The van der Waals surface area contributed by atoms with Crippen molar-refractivity contribution in [3.8, 4) is 5.75 Å². The molecule has 0 fully saturated rings. The van der Waals surface area contributed by atoms with Crippen molar-refractivity contribution in [2.45, 2.75) is 40.8 Å². The highest BCUT2D eigenvalue weighted by atomic mass is 16.5. The van der Waals surface area contributed by atoms with Gasteiger partial charge in [0, 0.05) is 44.2 Å². The van der Waals surface area contributed by atoms with Gasteiger partial charge in [-0.2, -0.15) is 5.10 Å². The van der Waals surface area contributed by atoms with Gasteiger partial charge in [-0.15, -0.1) is 0 Å². The maximum absolute atomic E-state index is 5.92. The van der Waals surface area contributed by atoms with Crippen LogP contribution in [0, 0.1) is 12.8 Å². The van der Waals surface area contributed by atoms with Crippen LogP contribution >= 0.6 is 0 Å². The summed E-state index contributed by atoms with van der Waals surface area (Å²) in [5, 5.41) is 11.0. The largest absolute Gasteiger partial charge is 0.491 e. The molecule has 0 radical (unpaired) electrons. The number of benzene rings is 1. The van der Waals surface area contributed by atoms with Crippen LogP contribution in [0.1, 0.15) is 31.9 Å². The second-order valence-corrected chi connectivity index (χ2v) is 7.07. The molecule has 0 aliphatic rings.